The fourth-order valence-corrected chi connectivity index (χ4v) is 1.21. The van der Waals surface area contributed by atoms with Crippen molar-refractivity contribution in [3.63, 3.8) is 0 Å². The predicted molar refractivity (Wildman–Crippen MR) is 74.5 cm³/mol. The fraction of sp³-hybridized carbons (Fsp3) is 0.467. The largest absolute Gasteiger partial charge is 0.505 e. The van der Waals surface area contributed by atoms with Crippen molar-refractivity contribution in [3.05, 3.63) is 35.9 Å². The lowest BCUT2D eigenvalue weighted by atomic mass is 10.1. The first-order chi connectivity index (χ1) is 8.97. The maximum Gasteiger partial charge on any atom is 0.505 e. The highest BCUT2D eigenvalue weighted by atomic mass is 16.7. The first-order valence-electron chi connectivity index (χ1n) is 6.41. The average Bonchev–Trinajstić information content (AvgIpc) is 2.38. The summed E-state index contributed by atoms with van der Waals surface area (Å²) in [5, 5.41) is 8.00. The zero-order valence-corrected chi connectivity index (χ0v) is 11.8. The minimum atomic E-state index is -1.18. The van der Waals surface area contributed by atoms with E-state index < -0.39 is 6.16 Å². The van der Waals surface area contributed by atoms with Crippen LogP contribution in [0.3, 0.4) is 0 Å². The van der Waals surface area contributed by atoms with Crippen LogP contribution in [-0.4, -0.2) is 23.7 Å². The standard InChI is InChI=1S/C9H10O.C6H12O3/c1-2-9(10)8-6-4-3-5-7-8;1-5(2)3-4-9-6(7)8/h3-7H,2H2,1H3;5H,3-4H2,1-2H3,(H,7,8). The van der Waals surface area contributed by atoms with E-state index in [0.29, 0.717) is 18.9 Å². The van der Waals surface area contributed by atoms with Crippen LogP contribution in [0.15, 0.2) is 30.3 Å². The lowest BCUT2D eigenvalue weighted by molar-refractivity contribution is 0.0875. The molecule has 0 heterocycles. The van der Waals surface area contributed by atoms with Crippen molar-refractivity contribution >= 4 is 11.9 Å². The molecule has 0 bridgehead atoms. The first-order valence-corrected chi connectivity index (χ1v) is 6.41. The maximum atomic E-state index is 11.0. The second-order valence-corrected chi connectivity index (χ2v) is 4.44. The molecule has 19 heavy (non-hydrogen) atoms. The van der Waals surface area contributed by atoms with Crippen LogP contribution < -0.4 is 0 Å². The van der Waals surface area contributed by atoms with Crippen molar-refractivity contribution in [3.8, 4) is 0 Å². The van der Waals surface area contributed by atoms with E-state index in [0.717, 1.165) is 12.0 Å². The molecule has 0 aliphatic carbocycles. The highest BCUT2D eigenvalue weighted by Gasteiger charge is 1.98. The molecule has 1 aromatic rings. The monoisotopic (exact) mass is 266 g/mol. The SMILES string of the molecule is CC(C)CCOC(=O)O.CCC(=O)c1ccccc1. The number of benzene rings is 1. The summed E-state index contributed by atoms with van der Waals surface area (Å²) in [4.78, 5) is 20.8. The second-order valence-electron chi connectivity index (χ2n) is 4.44. The molecule has 0 unspecified atom stereocenters. The van der Waals surface area contributed by atoms with E-state index in [1.54, 1.807) is 0 Å². The van der Waals surface area contributed by atoms with Crippen LogP contribution in [-0.2, 0) is 4.74 Å². The third-order valence-electron chi connectivity index (χ3n) is 2.34. The molecule has 1 rings (SSSR count). The van der Waals surface area contributed by atoms with Gasteiger partial charge in [-0.25, -0.2) is 4.79 Å². The summed E-state index contributed by atoms with van der Waals surface area (Å²) in [6, 6.07) is 9.34. The van der Waals surface area contributed by atoms with Gasteiger partial charge in [0.25, 0.3) is 0 Å². The summed E-state index contributed by atoms with van der Waals surface area (Å²) in [5.41, 5.74) is 0.810. The van der Waals surface area contributed by atoms with Gasteiger partial charge >= 0.3 is 6.16 Å². The Morgan fingerprint density at radius 1 is 1.21 bits per heavy atom. The van der Waals surface area contributed by atoms with Gasteiger partial charge in [0, 0.05) is 12.0 Å². The Balaban J connectivity index is 0.000000344. The molecule has 0 saturated heterocycles. The first kappa shape index (κ1) is 17.2. The lowest BCUT2D eigenvalue weighted by Gasteiger charge is -2.01. The molecule has 0 fully saturated rings. The summed E-state index contributed by atoms with van der Waals surface area (Å²) in [6.45, 7) is 6.22. The number of carboxylic acid groups (broad SMARTS) is 1. The van der Waals surface area contributed by atoms with Gasteiger partial charge in [0.05, 0.1) is 6.61 Å². The van der Waals surface area contributed by atoms with Gasteiger partial charge in [0.2, 0.25) is 0 Å². The Labute approximate surface area is 114 Å². The fourth-order valence-electron chi connectivity index (χ4n) is 1.21. The zero-order chi connectivity index (χ0) is 14.7. The molecule has 0 radical (unpaired) electrons. The van der Waals surface area contributed by atoms with Gasteiger partial charge in [-0.05, 0) is 12.3 Å². The van der Waals surface area contributed by atoms with Crippen molar-refractivity contribution in [1.29, 1.82) is 0 Å². The van der Waals surface area contributed by atoms with E-state index in [-0.39, 0.29) is 5.78 Å². The number of Topliss-reactive ketones (excluding diaryl/α,β-unsaturated/α-hetero) is 1. The van der Waals surface area contributed by atoms with E-state index in [9.17, 15) is 9.59 Å². The molecular formula is C15H22O4. The van der Waals surface area contributed by atoms with E-state index in [4.69, 9.17) is 5.11 Å². The third kappa shape index (κ3) is 9.83. The van der Waals surface area contributed by atoms with E-state index in [1.165, 1.54) is 0 Å². The van der Waals surface area contributed by atoms with Gasteiger partial charge in [0.1, 0.15) is 0 Å². The summed E-state index contributed by atoms with van der Waals surface area (Å²) in [7, 11) is 0. The van der Waals surface area contributed by atoms with Crippen LogP contribution in [0.2, 0.25) is 0 Å². The van der Waals surface area contributed by atoms with Gasteiger partial charge in [-0.3, -0.25) is 4.79 Å². The Morgan fingerprint density at radius 3 is 2.21 bits per heavy atom. The maximum absolute atomic E-state index is 11.0. The van der Waals surface area contributed by atoms with E-state index in [2.05, 4.69) is 4.74 Å². The minimum Gasteiger partial charge on any atom is -0.450 e. The smallest absolute Gasteiger partial charge is 0.450 e. The van der Waals surface area contributed by atoms with Crippen molar-refractivity contribution in [2.75, 3.05) is 6.61 Å². The van der Waals surface area contributed by atoms with E-state index in [1.807, 2.05) is 51.1 Å². The van der Waals surface area contributed by atoms with Crippen LogP contribution in [0, 0.1) is 5.92 Å². The molecule has 0 aliphatic rings. The molecular weight excluding hydrogens is 244 g/mol. The number of carbonyl (C=O) groups is 2. The summed E-state index contributed by atoms with van der Waals surface area (Å²) in [5.74, 6) is 0.713. The van der Waals surface area contributed by atoms with Crippen molar-refractivity contribution in [2.45, 2.75) is 33.6 Å². The van der Waals surface area contributed by atoms with E-state index >= 15 is 0 Å². The molecule has 1 N–H and O–H groups in total. The zero-order valence-electron chi connectivity index (χ0n) is 11.8. The number of ketones is 1. The van der Waals surface area contributed by atoms with Crippen LogP contribution in [0.1, 0.15) is 44.0 Å². The van der Waals surface area contributed by atoms with Crippen LogP contribution in [0.25, 0.3) is 0 Å². The van der Waals surface area contributed by atoms with Crippen LogP contribution >= 0.6 is 0 Å². The summed E-state index contributed by atoms with van der Waals surface area (Å²) in [6.07, 6.45) is 0.201. The van der Waals surface area contributed by atoms with Crippen molar-refractivity contribution in [2.24, 2.45) is 5.92 Å². The molecule has 0 spiro atoms. The number of hydrogen-bond donors (Lipinski definition) is 1. The number of carbonyl (C=O) groups excluding carboxylic acids is 1. The molecule has 0 saturated carbocycles. The Morgan fingerprint density at radius 2 is 1.79 bits per heavy atom. The Hall–Kier alpha value is -1.84. The molecule has 1 aromatic carbocycles. The van der Waals surface area contributed by atoms with Gasteiger partial charge in [-0.1, -0.05) is 51.1 Å². The number of rotatable bonds is 5. The highest BCUT2D eigenvalue weighted by Crippen LogP contribution is 2.01. The Bertz CT molecular complexity index is 371. The van der Waals surface area contributed by atoms with Gasteiger partial charge in [-0.2, -0.15) is 0 Å². The second kappa shape index (κ2) is 10.1. The van der Waals surface area contributed by atoms with Crippen LogP contribution in [0.4, 0.5) is 4.79 Å². The van der Waals surface area contributed by atoms with Gasteiger partial charge in [0.15, 0.2) is 5.78 Å². The summed E-state index contributed by atoms with van der Waals surface area (Å²) >= 11 is 0. The molecule has 0 amide bonds. The quantitative estimate of drug-likeness (QED) is 0.646. The van der Waals surface area contributed by atoms with Gasteiger partial charge in [-0.15, -0.1) is 0 Å². The van der Waals surface area contributed by atoms with Crippen LogP contribution in [0.5, 0.6) is 0 Å². The third-order valence-corrected chi connectivity index (χ3v) is 2.34. The average molecular weight is 266 g/mol. The van der Waals surface area contributed by atoms with Crippen molar-refractivity contribution in [1.82, 2.24) is 0 Å². The minimum absolute atomic E-state index is 0.209. The lowest BCUT2D eigenvalue weighted by Crippen LogP contribution is -2.03. The predicted octanol–water partition coefficient (Wildman–Crippen LogP) is 4.01. The highest BCUT2D eigenvalue weighted by molar-refractivity contribution is 5.95. The topological polar surface area (TPSA) is 63.6 Å². The van der Waals surface area contributed by atoms with Gasteiger partial charge < -0.3 is 9.84 Å². The number of hydrogen-bond acceptors (Lipinski definition) is 3. The molecule has 4 nitrogen and oxygen atoms in total. The Kier molecular flexibility index (Phi) is 9.14. The normalized spacial score (nSPS) is 9.47. The van der Waals surface area contributed by atoms with Crippen molar-refractivity contribution < 1.29 is 19.4 Å². The summed E-state index contributed by atoms with van der Waals surface area (Å²) < 4.78 is 4.27. The molecule has 106 valence electrons. The molecule has 0 aromatic heterocycles. The molecule has 0 aliphatic heterocycles. The molecule has 0 atom stereocenters. The molecule has 4 heteroatoms. The number of ether oxygens (including phenoxy) is 1.